The molecule has 7 rings (SSSR count). The van der Waals surface area contributed by atoms with Crippen LogP contribution in [0.1, 0.15) is 70.8 Å². The third-order valence-corrected chi connectivity index (χ3v) is 10.8. The molecule has 31 heavy (non-hydrogen) atoms. The molecule has 5 fully saturated rings. The predicted octanol–water partition coefficient (Wildman–Crippen LogP) is 4.04. The summed E-state index contributed by atoms with van der Waals surface area (Å²) in [5, 5.41) is 24.0. The van der Waals surface area contributed by atoms with Gasteiger partial charge in [-0.2, -0.15) is 0 Å². The Labute approximate surface area is 187 Å². The number of rotatable bonds is 7. The predicted molar refractivity (Wildman–Crippen MR) is 124 cm³/mol. The Kier molecular flexibility index (Phi) is 4.60. The summed E-state index contributed by atoms with van der Waals surface area (Å²) in [6, 6.07) is 10.0. The average Bonchev–Trinajstić information content (AvgIpc) is 3.16. The zero-order chi connectivity index (χ0) is 21.5. The number of aliphatic hydroxyl groups is 2. The highest BCUT2D eigenvalue weighted by atomic mass is 16.3. The molecule has 1 aliphatic carbocycles. The zero-order valence-corrected chi connectivity index (χ0v) is 19.6. The standard InChI is InChI=1S/C27H41N2O2/c1-4-6-7-8-11-14-29-21-15-18(17(5-2)26(29)31)23-22(29)16-27(25(23)30)19-12-9-10-13-20(19)28(3)24(21)27/h9-10,12-13,17-18,21-26,30-31H,4-8,11,14-16H2,1-3H3/q+1/t17-,18+,21-,22-,23+,24-,25-,26+,27+,29-/m0/s1. The van der Waals surface area contributed by atoms with Crippen molar-refractivity contribution in [1.29, 1.82) is 0 Å². The van der Waals surface area contributed by atoms with Gasteiger partial charge in [-0.15, -0.1) is 0 Å². The largest absolute Gasteiger partial charge is 0.392 e. The van der Waals surface area contributed by atoms with Crippen LogP contribution in [0.5, 0.6) is 0 Å². The highest BCUT2D eigenvalue weighted by Crippen LogP contribution is 2.71. The van der Waals surface area contributed by atoms with Gasteiger partial charge in [-0.05, 0) is 36.8 Å². The fourth-order valence-corrected chi connectivity index (χ4v) is 9.83. The van der Waals surface area contributed by atoms with E-state index in [1.165, 1.54) is 49.8 Å². The number of hydrogen-bond acceptors (Lipinski definition) is 3. The third kappa shape index (κ3) is 2.23. The summed E-state index contributed by atoms with van der Waals surface area (Å²) in [5.41, 5.74) is 2.57. The molecule has 5 bridgehead atoms. The van der Waals surface area contributed by atoms with Crippen LogP contribution in [-0.2, 0) is 5.41 Å². The lowest BCUT2D eigenvalue weighted by atomic mass is 9.60. The van der Waals surface area contributed by atoms with Crippen molar-refractivity contribution in [3.8, 4) is 0 Å². The van der Waals surface area contributed by atoms with Crippen molar-refractivity contribution < 1.29 is 14.7 Å². The van der Waals surface area contributed by atoms with Gasteiger partial charge in [0.25, 0.3) is 0 Å². The van der Waals surface area contributed by atoms with E-state index < -0.39 is 0 Å². The Morgan fingerprint density at radius 3 is 2.61 bits per heavy atom. The number of anilines is 1. The van der Waals surface area contributed by atoms with Crippen molar-refractivity contribution in [1.82, 2.24) is 0 Å². The van der Waals surface area contributed by atoms with E-state index in [1.54, 1.807) is 0 Å². The second kappa shape index (κ2) is 6.95. The van der Waals surface area contributed by atoms with Crippen LogP contribution in [0.15, 0.2) is 24.3 Å². The number of nitrogens with zero attached hydrogens (tertiary/aromatic N) is 2. The molecule has 4 saturated heterocycles. The van der Waals surface area contributed by atoms with E-state index in [-0.39, 0.29) is 17.7 Å². The quantitative estimate of drug-likeness (QED) is 0.512. The summed E-state index contributed by atoms with van der Waals surface area (Å²) in [6.07, 6.45) is 9.15. The lowest BCUT2D eigenvalue weighted by Gasteiger charge is -2.68. The minimum atomic E-state index is -0.273. The Morgan fingerprint density at radius 1 is 1.06 bits per heavy atom. The number of benzene rings is 1. The zero-order valence-electron chi connectivity index (χ0n) is 19.6. The van der Waals surface area contributed by atoms with E-state index >= 15 is 0 Å². The Bertz CT molecular complexity index is 859. The van der Waals surface area contributed by atoms with Crippen molar-refractivity contribution >= 4 is 5.69 Å². The number of fused-ring (bicyclic) bond motifs is 2. The lowest BCUT2D eigenvalue weighted by molar-refractivity contribution is -1.04. The summed E-state index contributed by atoms with van der Waals surface area (Å²) >= 11 is 0. The van der Waals surface area contributed by atoms with Crippen LogP contribution >= 0.6 is 0 Å². The molecule has 170 valence electrons. The molecule has 2 N–H and O–H groups in total. The molecular formula is C27H41N2O2+. The molecule has 1 spiro atoms. The van der Waals surface area contributed by atoms with Gasteiger partial charge in [0.1, 0.15) is 6.04 Å². The summed E-state index contributed by atoms with van der Waals surface area (Å²) in [5.74, 6) is 1.18. The van der Waals surface area contributed by atoms with Crippen LogP contribution in [0.3, 0.4) is 0 Å². The van der Waals surface area contributed by atoms with Crippen molar-refractivity contribution in [3.05, 3.63) is 29.8 Å². The van der Waals surface area contributed by atoms with Crippen molar-refractivity contribution in [2.45, 2.75) is 101 Å². The number of hydrogen-bond donors (Lipinski definition) is 2. The van der Waals surface area contributed by atoms with Crippen LogP contribution in [0.25, 0.3) is 0 Å². The maximum atomic E-state index is 12.1. The molecule has 0 unspecified atom stereocenters. The third-order valence-electron chi connectivity index (χ3n) is 10.8. The van der Waals surface area contributed by atoms with E-state index in [4.69, 9.17) is 0 Å². The molecule has 1 saturated carbocycles. The minimum absolute atomic E-state index is 0.133. The molecule has 5 aliphatic heterocycles. The number of aliphatic hydroxyl groups excluding tert-OH is 2. The highest BCUT2D eigenvalue weighted by Gasteiger charge is 2.82. The lowest BCUT2D eigenvalue weighted by Crippen LogP contribution is -2.83. The smallest absolute Gasteiger partial charge is 0.194 e. The topological polar surface area (TPSA) is 43.7 Å². The molecule has 0 radical (unpaired) electrons. The first-order valence-electron chi connectivity index (χ1n) is 13.1. The highest BCUT2D eigenvalue weighted by molar-refractivity contribution is 5.66. The van der Waals surface area contributed by atoms with E-state index in [1.807, 2.05) is 0 Å². The first kappa shape index (κ1) is 20.5. The molecule has 4 heteroatoms. The van der Waals surface area contributed by atoms with Crippen molar-refractivity contribution in [3.63, 3.8) is 0 Å². The van der Waals surface area contributed by atoms with Gasteiger partial charge < -0.3 is 15.1 Å². The van der Waals surface area contributed by atoms with Crippen LogP contribution in [-0.4, -0.2) is 58.7 Å². The summed E-state index contributed by atoms with van der Waals surface area (Å²) in [4.78, 5) is 2.51. The van der Waals surface area contributed by atoms with Gasteiger partial charge in [0.05, 0.1) is 30.1 Å². The number of quaternary nitrogens is 1. The van der Waals surface area contributed by atoms with Gasteiger partial charge in [0, 0.05) is 37.4 Å². The molecule has 4 nitrogen and oxygen atoms in total. The molecule has 10 atom stereocenters. The van der Waals surface area contributed by atoms with Crippen LogP contribution in [0, 0.1) is 17.8 Å². The molecular weight excluding hydrogens is 384 g/mol. The maximum absolute atomic E-state index is 12.1. The second-order valence-corrected chi connectivity index (χ2v) is 11.5. The number of para-hydroxylation sites is 1. The molecule has 5 heterocycles. The van der Waals surface area contributed by atoms with Gasteiger partial charge in [0.15, 0.2) is 6.23 Å². The summed E-state index contributed by atoms with van der Waals surface area (Å²) < 4.78 is 0.896. The summed E-state index contributed by atoms with van der Waals surface area (Å²) in [7, 11) is 2.26. The van der Waals surface area contributed by atoms with Crippen LogP contribution < -0.4 is 4.90 Å². The van der Waals surface area contributed by atoms with Crippen LogP contribution in [0.4, 0.5) is 5.69 Å². The molecule has 1 aromatic rings. The van der Waals surface area contributed by atoms with Crippen molar-refractivity contribution in [2.75, 3.05) is 18.5 Å². The van der Waals surface area contributed by atoms with E-state index in [0.29, 0.717) is 35.9 Å². The number of piperidine rings is 4. The van der Waals surface area contributed by atoms with Gasteiger partial charge in [-0.25, -0.2) is 0 Å². The fraction of sp³-hybridized carbons (Fsp3) is 0.778. The average molecular weight is 426 g/mol. The summed E-state index contributed by atoms with van der Waals surface area (Å²) in [6.45, 7) is 5.64. The Morgan fingerprint density at radius 2 is 1.84 bits per heavy atom. The van der Waals surface area contributed by atoms with E-state index in [2.05, 4.69) is 50.1 Å². The van der Waals surface area contributed by atoms with Gasteiger partial charge in [-0.3, -0.25) is 4.48 Å². The molecule has 0 aromatic heterocycles. The molecule has 1 aromatic carbocycles. The number of likely N-dealkylation sites (N-methyl/N-ethyl adjacent to an activating group) is 1. The monoisotopic (exact) mass is 425 g/mol. The maximum Gasteiger partial charge on any atom is 0.194 e. The van der Waals surface area contributed by atoms with Crippen molar-refractivity contribution in [2.24, 2.45) is 17.8 Å². The fourth-order valence-electron chi connectivity index (χ4n) is 9.83. The first-order chi connectivity index (χ1) is 15.0. The SMILES string of the molecule is CCCCCCC[N@+]12[C@H](O)[C@@H](CC)[C@H]3C[C@H]1[C@@H]1N(C)c4ccccc4[C@]14C[C@H]2[C@@H]3[C@@H]4O. The van der Waals surface area contributed by atoms with Gasteiger partial charge in [-0.1, -0.05) is 51.3 Å². The van der Waals surface area contributed by atoms with Crippen LogP contribution in [0.2, 0.25) is 0 Å². The first-order valence-corrected chi connectivity index (χ1v) is 13.1. The minimum Gasteiger partial charge on any atom is -0.392 e. The van der Waals surface area contributed by atoms with E-state index in [0.717, 1.165) is 23.9 Å². The van der Waals surface area contributed by atoms with Gasteiger partial charge >= 0.3 is 0 Å². The van der Waals surface area contributed by atoms with Gasteiger partial charge in [0.2, 0.25) is 0 Å². The number of unbranched alkanes of at least 4 members (excludes halogenated alkanes) is 4. The van der Waals surface area contributed by atoms with E-state index in [9.17, 15) is 10.2 Å². The second-order valence-electron chi connectivity index (χ2n) is 11.5. The molecule has 6 aliphatic rings. The Balaban J connectivity index is 1.46. The molecule has 0 amide bonds. The Hall–Kier alpha value is -1.10. The normalized spacial score (nSPS) is 48.4.